The molecule has 0 aromatic carbocycles. The second-order valence-corrected chi connectivity index (χ2v) is 7.00. The normalized spacial score (nSPS) is 17.0. The van der Waals surface area contributed by atoms with Crippen LogP contribution in [0.15, 0.2) is 20.0 Å². The summed E-state index contributed by atoms with van der Waals surface area (Å²) in [6.07, 6.45) is 0. The number of nitrogens with zero attached hydrogens (tertiary/aromatic N) is 1. The Balaban J connectivity index is 1.96. The Morgan fingerprint density at radius 3 is 2.71 bits per heavy atom. The molecule has 118 valence electrons. The number of aromatic carboxylic acids is 1. The van der Waals surface area contributed by atoms with Gasteiger partial charge in [-0.05, 0) is 15.9 Å². The van der Waals surface area contributed by atoms with Crippen LogP contribution in [0.1, 0.15) is 10.6 Å². The number of furan rings is 1. The van der Waals surface area contributed by atoms with Gasteiger partial charge >= 0.3 is 5.97 Å². The molecule has 0 atom stereocenters. The summed E-state index contributed by atoms with van der Waals surface area (Å²) in [5, 5.41) is 12.0. The van der Waals surface area contributed by atoms with E-state index in [1.165, 1.54) is 0 Å². The number of carboxylic acids is 1. The van der Waals surface area contributed by atoms with E-state index in [0.29, 0.717) is 6.54 Å². The van der Waals surface area contributed by atoms with Gasteiger partial charge < -0.3 is 14.8 Å². The fourth-order valence-corrected chi connectivity index (χ4v) is 3.95. The number of hydrogen-bond donors (Lipinski definition) is 3. The van der Waals surface area contributed by atoms with Crippen LogP contribution in [0.4, 0.5) is 0 Å². The number of nitrogens with one attached hydrogen (secondary N) is 2. The van der Waals surface area contributed by atoms with Crippen molar-refractivity contribution < 1.29 is 22.7 Å². The Hall–Kier alpha value is -0.940. The van der Waals surface area contributed by atoms with E-state index < -0.39 is 21.8 Å². The summed E-state index contributed by atoms with van der Waals surface area (Å²) in [5.74, 6) is -1.75. The third-order valence-electron chi connectivity index (χ3n) is 3.09. The molecule has 0 bridgehead atoms. The lowest BCUT2D eigenvalue weighted by atomic mass is 10.3. The monoisotopic (exact) mass is 381 g/mol. The number of piperazine rings is 1. The number of halogens is 1. The van der Waals surface area contributed by atoms with E-state index in [4.69, 9.17) is 9.52 Å². The predicted octanol–water partition coefficient (Wildman–Crippen LogP) is -0.0762. The molecule has 0 amide bonds. The molecule has 1 aliphatic heterocycles. The maximum Gasteiger partial charge on any atom is 0.371 e. The van der Waals surface area contributed by atoms with Crippen molar-refractivity contribution >= 4 is 31.9 Å². The molecule has 1 aromatic rings. The summed E-state index contributed by atoms with van der Waals surface area (Å²) in [6, 6.07) is 0.986. The highest BCUT2D eigenvalue weighted by Crippen LogP contribution is 2.25. The first kappa shape index (κ1) is 16.4. The Bertz CT molecular complexity index is 609. The molecule has 1 aliphatic rings. The van der Waals surface area contributed by atoms with Crippen LogP contribution in [0, 0.1) is 0 Å². The molecule has 1 saturated heterocycles. The molecule has 21 heavy (non-hydrogen) atoms. The first-order valence-electron chi connectivity index (χ1n) is 6.35. The second kappa shape index (κ2) is 6.88. The average Bonchev–Trinajstić information content (AvgIpc) is 2.83. The van der Waals surface area contributed by atoms with E-state index in [-0.39, 0.29) is 16.1 Å². The van der Waals surface area contributed by atoms with Crippen molar-refractivity contribution in [2.75, 3.05) is 39.3 Å². The molecule has 1 fully saturated rings. The lowest BCUT2D eigenvalue weighted by Crippen LogP contribution is -2.46. The molecular formula is C11H16BrN3O5S. The molecule has 2 rings (SSSR count). The molecular weight excluding hydrogens is 366 g/mol. The van der Waals surface area contributed by atoms with Crippen molar-refractivity contribution in [3.63, 3.8) is 0 Å². The highest BCUT2D eigenvalue weighted by molar-refractivity contribution is 9.10. The lowest BCUT2D eigenvalue weighted by molar-refractivity contribution is 0.0661. The summed E-state index contributed by atoms with van der Waals surface area (Å²) < 4.78 is 31.4. The largest absolute Gasteiger partial charge is 0.475 e. The minimum atomic E-state index is -3.80. The molecule has 0 spiro atoms. The van der Waals surface area contributed by atoms with Gasteiger partial charge in [0.25, 0.3) is 0 Å². The van der Waals surface area contributed by atoms with Crippen molar-refractivity contribution in [3.05, 3.63) is 16.5 Å². The van der Waals surface area contributed by atoms with E-state index in [9.17, 15) is 13.2 Å². The molecule has 0 saturated carbocycles. The molecule has 0 radical (unpaired) electrons. The van der Waals surface area contributed by atoms with E-state index >= 15 is 0 Å². The first-order chi connectivity index (χ1) is 9.90. The standard InChI is InChI=1S/C11H16BrN3O5S/c12-10-9(7-8(20-10)11(16)17)21(18,19)14-3-6-15-4-1-13-2-5-15/h7,13-14H,1-6H2,(H,16,17). The van der Waals surface area contributed by atoms with Crippen molar-refractivity contribution in [2.24, 2.45) is 0 Å². The molecule has 8 nitrogen and oxygen atoms in total. The number of sulfonamides is 1. The minimum Gasteiger partial charge on any atom is -0.475 e. The second-order valence-electron chi connectivity index (χ2n) is 4.54. The van der Waals surface area contributed by atoms with Gasteiger partial charge in [0.2, 0.25) is 15.8 Å². The van der Waals surface area contributed by atoms with Crippen LogP contribution in [0.25, 0.3) is 0 Å². The van der Waals surface area contributed by atoms with Crippen LogP contribution in [0.5, 0.6) is 0 Å². The first-order valence-corrected chi connectivity index (χ1v) is 8.63. The third-order valence-corrected chi connectivity index (χ3v) is 5.40. The molecule has 0 aliphatic carbocycles. The summed E-state index contributed by atoms with van der Waals surface area (Å²) in [7, 11) is -3.80. The smallest absolute Gasteiger partial charge is 0.371 e. The van der Waals surface area contributed by atoms with Crippen molar-refractivity contribution in [3.8, 4) is 0 Å². The van der Waals surface area contributed by atoms with Gasteiger partial charge in [0.1, 0.15) is 4.90 Å². The van der Waals surface area contributed by atoms with Gasteiger partial charge in [-0.1, -0.05) is 0 Å². The number of hydrogen-bond acceptors (Lipinski definition) is 6. The summed E-state index contributed by atoms with van der Waals surface area (Å²) >= 11 is 2.92. The van der Waals surface area contributed by atoms with Crippen molar-refractivity contribution in [2.45, 2.75) is 4.90 Å². The van der Waals surface area contributed by atoms with Gasteiger partial charge in [-0.2, -0.15) is 0 Å². The molecule has 3 N–H and O–H groups in total. The highest BCUT2D eigenvalue weighted by atomic mass is 79.9. The Morgan fingerprint density at radius 2 is 2.14 bits per heavy atom. The molecule has 2 heterocycles. The topological polar surface area (TPSA) is 112 Å². The molecule has 1 aromatic heterocycles. The van der Waals surface area contributed by atoms with Crippen LogP contribution >= 0.6 is 15.9 Å². The Labute approximate surface area is 130 Å². The van der Waals surface area contributed by atoms with E-state index in [1.54, 1.807) is 0 Å². The molecule has 10 heteroatoms. The number of carbonyl (C=O) groups is 1. The van der Waals surface area contributed by atoms with E-state index in [1.807, 2.05) is 0 Å². The lowest BCUT2D eigenvalue weighted by Gasteiger charge is -2.26. The fraction of sp³-hybridized carbons (Fsp3) is 0.545. The van der Waals surface area contributed by atoms with Crippen molar-refractivity contribution in [1.29, 1.82) is 0 Å². The average molecular weight is 382 g/mol. The highest BCUT2D eigenvalue weighted by Gasteiger charge is 2.24. The van der Waals surface area contributed by atoms with Crippen LogP contribution in [0.3, 0.4) is 0 Å². The quantitative estimate of drug-likeness (QED) is 0.631. The zero-order chi connectivity index (χ0) is 15.5. The van der Waals surface area contributed by atoms with Crippen LogP contribution in [-0.2, 0) is 10.0 Å². The van der Waals surface area contributed by atoms with Gasteiger partial charge in [-0.3, -0.25) is 4.90 Å². The van der Waals surface area contributed by atoms with Gasteiger partial charge in [0.05, 0.1) is 0 Å². The maximum atomic E-state index is 12.1. The number of carboxylic acid groups (broad SMARTS) is 1. The maximum absolute atomic E-state index is 12.1. The van der Waals surface area contributed by atoms with Gasteiger partial charge in [0, 0.05) is 45.3 Å². The number of rotatable bonds is 6. The van der Waals surface area contributed by atoms with Crippen LogP contribution in [0.2, 0.25) is 0 Å². The van der Waals surface area contributed by atoms with Crippen molar-refractivity contribution in [1.82, 2.24) is 14.9 Å². The van der Waals surface area contributed by atoms with E-state index in [0.717, 1.165) is 32.2 Å². The Morgan fingerprint density at radius 1 is 1.48 bits per heavy atom. The summed E-state index contributed by atoms with van der Waals surface area (Å²) in [6.45, 7) is 4.38. The van der Waals surface area contributed by atoms with Crippen LogP contribution < -0.4 is 10.0 Å². The SMILES string of the molecule is O=C(O)c1cc(S(=O)(=O)NCCN2CCNCC2)c(Br)o1. The Kier molecular flexibility index (Phi) is 5.38. The summed E-state index contributed by atoms with van der Waals surface area (Å²) in [5.41, 5.74) is 0. The van der Waals surface area contributed by atoms with Gasteiger partial charge in [0.15, 0.2) is 4.67 Å². The van der Waals surface area contributed by atoms with Gasteiger partial charge in [-0.15, -0.1) is 0 Å². The van der Waals surface area contributed by atoms with Gasteiger partial charge in [-0.25, -0.2) is 17.9 Å². The minimum absolute atomic E-state index is 0.116. The molecule has 0 unspecified atom stereocenters. The summed E-state index contributed by atoms with van der Waals surface area (Å²) in [4.78, 5) is 12.7. The fourth-order valence-electron chi connectivity index (χ4n) is 1.99. The van der Waals surface area contributed by atoms with Crippen LogP contribution in [-0.4, -0.2) is 63.7 Å². The third kappa shape index (κ3) is 4.27. The zero-order valence-corrected chi connectivity index (χ0v) is 13.5. The van der Waals surface area contributed by atoms with E-state index in [2.05, 4.69) is 30.9 Å². The zero-order valence-electron chi connectivity index (χ0n) is 11.1. The predicted molar refractivity (Wildman–Crippen MR) is 77.9 cm³/mol.